The van der Waals surface area contributed by atoms with Crippen LogP contribution in [0.2, 0.25) is 0 Å². The minimum absolute atomic E-state index is 0.0954. The zero-order valence-corrected chi connectivity index (χ0v) is 18.0. The summed E-state index contributed by atoms with van der Waals surface area (Å²) in [5.41, 5.74) is 9.36. The van der Waals surface area contributed by atoms with Gasteiger partial charge in [-0.15, -0.1) is 0 Å². The topological polar surface area (TPSA) is 84.2 Å². The third-order valence-corrected chi connectivity index (χ3v) is 5.90. The van der Waals surface area contributed by atoms with Crippen molar-refractivity contribution in [2.45, 2.75) is 43.3 Å². The molecule has 1 saturated carbocycles. The van der Waals surface area contributed by atoms with Gasteiger partial charge in [-0.3, -0.25) is 9.59 Å². The number of amides is 2. The second-order valence-corrected chi connectivity index (χ2v) is 8.42. The van der Waals surface area contributed by atoms with Crippen LogP contribution in [0.1, 0.15) is 29.0 Å². The maximum atomic E-state index is 13.1. The summed E-state index contributed by atoms with van der Waals surface area (Å²) in [5.74, 6) is -0.161. The quantitative estimate of drug-likeness (QED) is 0.491. The van der Waals surface area contributed by atoms with Crippen LogP contribution in [0.25, 0.3) is 0 Å². The molecule has 1 aliphatic rings. The number of rotatable bonds is 9. The Morgan fingerprint density at radius 1 is 0.781 bits per heavy atom. The van der Waals surface area contributed by atoms with Gasteiger partial charge < -0.3 is 16.4 Å². The Balaban J connectivity index is 1.40. The zero-order valence-electron chi connectivity index (χ0n) is 18.0. The Bertz CT molecular complexity index is 1020. The Morgan fingerprint density at radius 2 is 1.31 bits per heavy atom. The van der Waals surface area contributed by atoms with E-state index in [1.54, 1.807) is 0 Å². The Kier molecular flexibility index (Phi) is 6.97. The van der Waals surface area contributed by atoms with E-state index >= 15 is 0 Å². The highest BCUT2D eigenvalue weighted by Gasteiger charge is 2.40. The Morgan fingerprint density at radius 3 is 1.91 bits per heavy atom. The van der Waals surface area contributed by atoms with Crippen molar-refractivity contribution in [1.82, 2.24) is 10.6 Å². The SMILES string of the molecule is N[C@@H](Cc1ccccc1)C(=O)N[C@@H](Cc1ccccc1)C(=O)NC1CC1c1ccccc1. The van der Waals surface area contributed by atoms with Gasteiger partial charge in [0.25, 0.3) is 0 Å². The molecule has 0 bridgehead atoms. The summed E-state index contributed by atoms with van der Waals surface area (Å²) in [6.45, 7) is 0. The molecule has 0 aromatic heterocycles. The standard InChI is InChI=1S/C27H29N3O2/c28-23(16-19-10-4-1-5-11-19)26(31)30-25(17-20-12-6-2-7-13-20)27(32)29-24-18-22(24)21-14-8-3-9-15-21/h1-15,22-25H,16-18,28H2,(H,29,32)(H,30,31)/t22?,23-,24?,25-/m0/s1. The molecule has 4 N–H and O–H groups in total. The first kappa shape index (κ1) is 21.8. The Hall–Kier alpha value is -3.44. The fourth-order valence-electron chi connectivity index (χ4n) is 4.01. The average molecular weight is 428 g/mol. The summed E-state index contributed by atoms with van der Waals surface area (Å²) in [7, 11) is 0. The van der Waals surface area contributed by atoms with Gasteiger partial charge in [0.2, 0.25) is 11.8 Å². The highest BCUT2D eigenvalue weighted by molar-refractivity contribution is 5.90. The normalized spacial score (nSPS) is 18.9. The lowest BCUT2D eigenvalue weighted by atomic mass is 10.0. The number of nitrogens with one attached hydrogen (secondary N) is 2. The summed E-state index contributed by atoms with van der Waals surface area (Å²) in [6.07, 6.45) is 1.75. The number of hydrogen-bond acceptors (Lipinski definition) is 3. The lowest BCUT2D eigenvalue weighted by molar-refractivity contribution is -0.129. The minimum Gasteiger partial charge on any atom is -0.351 e. The largest absolute Gasteiger partial charge is 0.351 e. The van der Waals surface area contributed by atoms with Crippen molar-refractivity contribution in [2.24, 2.45) is 5.73 Å². The fraction of sp³-hybridized carbons (Fsp3) is 0.259. The van der Waals surface area contributed by atoms with E-state index < -0.39 is 12.1 Å². The molecule has 4 atom stereocenters. The van der Waals surface area contributed by atoms with Crippen LogP contribution in [0.5, 0.6) is 0 Å². The molecule has 3 aromatic rings. The van der Waals surface area contributed by atoms with Crippen LogP contribution in [0.4, 0.5) is 0 Å². The maximum Gasteiger partial charge on any atom is 0.243 e. The number of hydrogen-bond donors (Lipinski definition) is 3. The van der Waals surface area contributed by atoms with Crippen molar-refractivity contribution in [3.8, 4) is 0 Å². The van der Waals surface area contributed by atoms with Crippen molar-refractivity contribution in [1.29, 1.82) is 0 Å². The second kappa shape index (κ2) is 10.2. The van der Waals surface area contributed by atoms with E-state index in [1.165, 1.54) is 5.56 Å². The van der Waals surface area contributed by atoms with Crippen LogP contribution in [0.15, 0.2) is 91.0 Å². The maximum absolute atomic E-state index is 13.1. The predicted octanol–water partition coefficient (Wildman–Crippen LogP) is 2.96. The van der Waals surface area contributed by atoms with Crippen molar-refractivity contribution >= 4 is 11.8 Å². The Labute approximate surface area is 189 Å². The lowest BCUT2D eigenvalue weighted by Gasteiger charge is -2.21. The molecule has 3 aromatic carbocycles. The molecule has 2 unspecified atom stereocenters. The average Bonchev–Trinajstić information content (AvgIpc) is 3.59. The third kappa shape index (κ3) is 5.83. The van der Waals surface area contributed by atoms with Crippen molar-refractivity contribution in [2.75, 3.05) is 0 Å². The molecule has 5 heteroatoms. The van der Waals surface area contributed by atoms with E-state index in [2.05, 4.69) is 22.8 Å². The van der Waals surface area contributed by atoms with Gasteiger partial charge >= 0.3 is 0 Å². The molecule has 2 amide bonds. The molecule has 1 aliphatic carbocycles. The molecule has 0 saturated heterocycles. The zero-order chi connectivity index (χ0) is 22.3. The summed E-state index contributed by atoms with van der Waals surface area (Å²) in [6, 6.07) is 28.2. The van der Waals surface area contributed by atoms with Gasteiger partial charge in [-0.25, -0.2) is 0 Å². The van der Waals surface area contributed by atoms with Gasteiger partial charge in [-0.05, 0) is 29.5 Å². The number of benzene rings is 3. The molecule has 0 aliphatic heterocycles. The van der Waals surface area contributed by atoms with Crippen molar-refractivity contribution in [3.63, 3.8) is 0 Å². The molecule has 1 fully saturated rings. The summed E-state index contributed by atoms with van der Waals surface area (Å²) in [4.78, 5) is 25.9. The van der Waals surface area contributed by atoms with Crippen LogP contribution < -0.4 is 16.4 Å². The molecule has 0 spiro atoms. The van der Waals surface area contributed by atoms with Crippen LogP contribution >= 0.6 is 0 Å². The van der Waals surface area contributed by atoms with Gasteiger partial charge in [0.05, 0.1) is 6.04 Å². The van der Waals surface area contributed by atoms with Crippen LogP contribution in [-0.4, -0.2) is 29.9 Å². The van der Waals surface area contributed by atoms with E-state index in [9.17, 15) is 9.59 Å². The molecule has 164 valence electrons. The highest BCUT2D eigenvalue weighted by atomic mass is 16.2. The molecule has 4 rings (SSSR count). The molecular weight excluding hydrogens is 398 g/mol. The van der Waals surface area contributed by atoms with E-state index in [-0.39, 0.29) is 17.9 Å². The highest BCUT2D eigenvalue weighted by Crippen LogP contribution is 2.40. The first-order chi connectivity index (χ1) is 15.6. The van der Waals surface area contributed by atoms with Gasteiger partial charge in [0, 0.05) is 18.4 Å². The molecule has 5 nitrogen and oxygen atoms in total. The smallest absolute Gasteiger partial charge is 0.243 e. The molecule has 32 heavy (non-hydrogen) atoms. The van der Waals surface area contributed by atoms with E-state index in [0.717, 1.165) is 17.5 Å². The van der Waals surface area contributed by atoms with Crippen molar-refractivity contribution in [3.05, 3.63) is 108 Å². The van der Waals surface area contributed by atoms with Gasteiger partial charge in [0.15, 0.2) is 0 Å². The lowest BCUT2D eigenvalue weighted by Crippen LogP contribution is -2.53. The fourth-order valence-corrected chi connectivity index (χ4v) is 4.01. The first-order valence-electron chi connectivity index (χ1n) is 11.1. The number of nitrogens with two attached hydrogens (primary N) is 1. The summed E-state index contributed by atoms with van der Waals surface area (Å²) >= 11 is 0. The van der Waals surface area contributed by atoms with Crippen LogP contribution in [-0.2, 0) is 22.4 Å². The first-order valence-corrected chi connectivity index (χ1v) is 11.1. The number of carbonyl (C=O) groups is 2. The van der Waals surface area contributed by atoms with E-state index in [4.69, 9.17) is 5.73 Å². The molecular formula is C27H29N3O2. The molecule has 0 heterocycles. The van der Waals surface area contributed by atoms with Crippen LogP contribution in [0.3, 0.4) is 0 Å². The summed E-state index contributed by atoms with van der Waals surface area (Å²) < 4.78 is 0. The summed E-state index contributed by atoms with van der Waals surface area (Å²) in [5, 5.41) is 6.02. The monoisotopic (exact) mass is 427 g/mol. The second-order valence-electron chi connectivity index (χ2n) is 8.42. The van der Waals surface area contributed by atoms with Gasteiger partial charge in [-0.2, -0.15) is 0 Å². The van der Waals surface area contributed by atoms with Crippen LogP contribution in [0, 0.1) is 0 Å². The van der Waals surface area contributed by atoms with E-state index in [0.29, 0.717) is 18.8 Å². The van der Waals surface area contributed by atoms with Crippen molar-refractivity contribution < 1.29 is 9.59 Å². The third-order valence-electron chi connectivity index (χ3n) is 5.90. The van der Waals surface area contributed by atoms with Gasteiger partial charge in [0.1, 0.15) is 6.04 Å². The predicted molar refractivity (Wildman–Crippen MR) is 126 cm³/mol. The van der Waals surface area contributed by atoms with Gasteiger partial charge in [-0.1, -0.05) is 91.0 Å². The molecule has 0 radical (unpaired) electrons. The minimum atomic E-state index is -0.721. The van der Waals surface area contributed by atoms with E-state index in [1.807, 2.05) is 78.9 Å². The number of carbonyl (C=O) groups excluding carboxylic acids is 2.